The van der Waals surface area contributed by atoms with E-state index in [0.717, 1.165) is 5.56 Å². The van der Waals surface area contributed by atoms with Crippen LogP contribution in [0.1, 0.15) is 19.4 Å². The van der Waals surface area contributed by atoms with Crippen molar-refractivity contribution in [2.24, 2.45) is 0 Å². The van der Waals surface area contributed by atoms with Crippen molar-refractivity contribution >= 4 is 27.3 Å². The van der Waals surface area contributed by atoms with Gasteiger partial charge in [0.2, 0.25) is 0 Å². The van der Waals surface area contributed by atoms with E-state index in [1.54, 1.807) is 56.3 Å². The van der Waals surface area contributed by atoms with Crippen LogP contribution in [0.5, 0.6) is 5.75 Å². The number of rotatable bonds is 8. The summed E-state index contributed by atoms with van der Waals surface area (Å²) in [5.41, 5.74) is 2.13. The van der Waals surface area contributed by atoms with Gasteiger partial charge in [0.05, 0.1) is 10.6 Å². The molecule has 3 aromatic carbocycles. The van der Waals surface area contributed by atoms with Crippen molar-refractivity contribution in [2.75, 3.05) is 16.2 Å². The second kappa shape index (κ2) is 9.66. The highest BCUT2D eigenvalue weighted by Crippen LogP contribution is 2.24. The number of aryl methyl sites for hydroxylation is 1. The molecule has 0 aliphatic rings. The monoisotopic (exact) mass is 438 g/mol. The summed E-state index contributed by atoms with van der Waals surface area (Å²) in [6, 6.07) is 22.5. The second-order valence-corrected chi connectivity index (χ2v) is 8.96. The number of hydrogen-bond acceptors (Lipinski definition) is 4. The molecule has 0 aliphatic heterocycles. The van der Waals surface area contributed by atoms with Crippen molar-refractivity contribution in [1.82, 2.24) is 0 Å². The fraction of sp³-hybridized carbons (Fsp3) is 0.208. The van der Waals surface area contributed by atoms with Gasteiger partial charge in [0, 0.05) is 12.2 Å². The number of anilines is 2. The number of carbonyl (C=O) groups excluding carboxylic acids is 1. The molecule has 1 atom stereocenters. The van der Waals surface area contributed by atoms with Gasteiger partial charge in [-0.15, -0.1) is 0 Å². The Labute approximate surface area is 183 Å². The maximum absolute atomic E-state index is 13.1. The van der Waals surface area contributed by atoms with Gasteiger partial charge in [-0.05, 0) is 74.9 Å². The van der Waals surface area contributed by atoms with E-state index in [4.69, 9.17) is 4.74 Å². The molecule has 0 aromatic heterocycles. The zero-order chi connectivity index (χ0) is 22.4. The lowest BCUT2D eigenvalue weighted by Gasteiger charge is -2.23. The molecule has 0 spiro atoms. The number of sulfonamides is 1. The third kappa shape index (κ3) is 5.44. The molecule has 0 bridgehead atoms. The van der Waals surface area contributed by atoms with Gasteiger partial charge in [0.25, 0.3) is 15.9 Å². The Hall–Kier alpha value is -3.32. The molecule has 0 radical (unpaired) electrons. The van der Waals surface area contributed by atoms with E-state index < -0.39 is 16.1 Å². The molecule has 1 amide bonds. The summed E-state index contributed by atoms with van der Waals surface area (Å²) in [7, 11) is -3.71. The van der Waals surface area contributed by atoms with Crippen LogP contribution < -0.4 is 14.4 Å². The Bertz CT molecular complexity index is 1130. The van der Waals surface area contributed by atoms with Gasteiger partial charge in [-0.2, -0.15) is 0 Å². The first-order valence-electron chi connectivity index (χ1n) is 10.0. The van der Waals surface area contributed by atoms with Crippen LogP contribution in [0, 0.1) is 6.92 Å². The fourth-order valence-electron chi connectivity index (χ4n) is 3.11. The number of hydrogen-bond donors (Lipinski definition) is 1. The molecule has 162 valence electrons. The van der Waals surface area contributed by atoms with E-state index >= 15 is 0 Å². The van der Waals surface area contributed by atoms with Crippen LogP contribution in [-0.2, 0) is 14.8 Å². The maximum Gasteiger partial charge on any atom is 0.265 e. The van der Waals surface area contributed by atoms with Crippen LogP contribution in [-0.4, -0.2) is 27.0 Å². The van der Waals surface area contributed by atoms with E-state index in [-0.39, 0.29) is 10.8 Å². The molecular formula is C24H26N2O4S. The van der Waals surface area contributed by atoms with Crippen LogP contribution in [0.3, 0.4) is 0 Å². The largest absolute Gasteiger partial charge is 0.481 e. The van der Waals surface area contributed by atoms with Gasteiger partial charge in [0.15, 0.2) is 6.10 Å². The SMILES string of the molecule is CCN(c1ccccc1)S(=O)(=O)c1ccc(NC(=O)C(C)Oc2cccc(C)c2)cc1. The van der Waals surface area contributed by atoms with Gasteiger partial charge < -0.3 is 10.1 Å². The van der Waals surface area contributed by atoms with Crippen molar-refractivity contribution in [3.63, 3.8) is 0 Å². The first kappa shape index (κ1) is 22.4. The first-order chi connectivity index (χ1) is 14.8. The quantitative estimate of drug-likeness (QED) is 0.557. The lowest BCUT2D eigenvalue weighted by molar-refractivity contribution is -0.122. The normalized spacial score (nSPS) is 12.1. The minimum atomic E-state index is -3.71. The summed E-state index contributed by atoms with van der Waals surface area (Å²) in [5, 5.41) is 2.76. The zero-order valence-electron chi connectivity index (χ0n) is 17.8. The minimum absolute atomic E-state index is 0.153. The molecule has 0 saturated carbocycles. The average Bonchev–Trinajstić information content (AvgIpc) is 2.75. The molecule has 31 heavy (non-hydrogen) atoms. The standard InChI is InChI=1S/C24H26N2O4S/c1-4-26(21-10-6-5-7-11-21)31(28,29)23-15-13-20(14-16-23)25-24(27)19(3)30-22-12-8-9-18(2)17-22/h5-17,19H,4H2,1-3H3,(H,25,27). The Morgan fingerprint density at radius 1 is 1.00 bits per heavy atom. The topological polar surface area (TPSA) is 75.7 Å². The van der Waals surface area contributed by atoms with Crippen molar-refractivity contribution in [2.45, 2.75) is 31.8 Å². The molecule has 1 unspecified atom stereocenters. The summed E-state index contributed by atoms with van der Waals surface area (Å²) >= 11 is 0. The lowest BCUT2D eigenvalue weighted by Crippen LogP contribution is -2.31. The average molecular weight is 439 g/mol. The highest BCUT2D eigenvalue weighted by atomic mass is 32.2. The lowest BCUT2D eigenvalue weighted by atomic mass is 10.2. The summed E-state index contributed by atoms with van der Waals surface area (Å²) in [4.78, 5) is 12.6. The van der Waals surface area contributed by atoms with Gasteiger partial charge >= 0.3 is 0 Å². The summed E-state index contributed by atoms with van der Waals surface area (Å²) in [5.74, 6) is 0.293. The second-order valence-electron chi connectivity index (χ2n) is 7.10. The van der Waals surface area contributed by atoms with E-state index in [2.05, 4.69) is 5.32 Å². The number of para-hydroxylation sites is 1. The van der Waals surface area contributed by atoms with Crippen molar-refractivity contribution in [1.29, 1.82) is 0 Å². The molecule has 6 nitrogen and oxygen atoms in total. The van der Waals surface area contributed by atoms with E-state index in [0.29, 0.717) is 23.7 Å². The molecule has 0 aliphatic carbocycles. The molecule has 7 heteroatoms. The molecule has 0 saturated heterocycles. The third-order valence-electron chi connectivity index (χ3n) is 4.71. The molecule has 0 fully saturated rings. The predicted octanol–water partition coefficient (Wildman–Crippen LogP) is 4.62. The Morgan fingerprint density at radius 3 is 2.29 bits per heavy atom. The van der Waals surface area contributed by atoms with Crippen LogP contribution in [0.4, 0.5) is 11.4 Å². The number of benzene rings is 3. The van der Waals surface area contributed by atoms with E-state index in [9.17, 15) is 13.2 Å². The van der Waals surface area contributed by atoms with Gasteiger partial charge in [-0.25, -0.2) is 8.42 Å². The van der Waals surface area contributed by atoms with E-state index in [1.165, 1.54) is 16.4 Å². The Kier molecular flexibility index (Phi) is 6.97. The maximum atomic E-state index is 13.1. The van der Waals surface area contributed by atoms with Crippen LogP contribution in [0.15, 0.2) is 83.8 Å². The summed E-state index contributed by atoms with van der Waals surface area (Å²) in [6.07, 6.45) is -0.709. The van der Waals surface area contributed by atoms with Crippen LogP contribution in [0.25, 0.3) is 0 Å². The zero-order valence-corrected chi connectivity index (χ0v) is 18.6. The highest BCUT2D eigenvalue weighted by molar-refractivity contribution is 7.92. The van der Waals surface area contributed by atoms with Crippen LogP contribution >= 0.6 is 0 Å². The van der Waals surface area contributed by atoms with Gasteiger partial charge in [-0.1, -0.05) is 30.3 Å². The first-order valence-corrected chi connectivity index (χ1v) is 11.5. The molecule has 3 aromatic rings. The number of nitrogens with one attached hydrogen (secondary N) is 1. The molecule has 1 N–H and O–H groups in total. The summed E-state index contributed by atoms with van der Waals surface area (Å²) in [6.45, 7) is 5.70. The fourth-order valence-corrected chi connectivity index (χ4v) is 4.59. The number of amides is 1. The van der Waals surface area contributed by atoms with Gasteiger partial charge in [0.1, 0.15) is 5.75 Å². The summed E-state index contributed by atoms with van der Waals surface area (Å²) < 4.78 is 33.1. The predicted molar refractivity (Wildman–Crippen MR) is 123 cm³/mol. The third-order valence-corrected chi connectivity index (χ3v) is 6.63. The van der Waals surface area contributed by atoms with Crippen molar-refractivity contribution < 1.29 is 17.9 Å². The number of carbonyl (C=O) groups is 1. The number of nitrogens with zero attached hydrogens (tertiary/aromatic N) is 1. The Balaban J connectivity index is 1.70. The highest BCUT2D eigenvalue weighted by Gasteiger charge is 2.23. The van der Waals surface area contributed by atoms with Crippen molar-refractivity contribution in [3.8, 4) is 5.75 Å². The van der Waals surface area contributed by atoms with Crippen molar-refractivity contribution in [3.05, 3.63) is 84.4 Å². The Morgan fingerprint density at radius 2 is 1.68 bits per heavy atom. The molecule has 0 heterocycles. The number of ether oxygens (including phenoxy) is 1. The molecule has 3 rings (SSSR count). The van der Waals surface area contributed by atoms with Crippen LogP contribution in [0.2, 0.25) is 0 Å². The van der Waals surface area contributed by atoms with E-state index in [1.807, 2.05) is 31.2 Å². The minimum Gasteiger partial charge on any atom is -0.481 e. The molecular weight excluding hydrogens is 412 g/mol. The smallest absolute Gasteiger partial charge is 0.265 e. The van der Waals surface area contributed by atoms with Gasteiger partial charge in [-0.3, -0.25) is 9.10 Å².